The third-order valence-electron chi connectivity index (χ3n) is 2.64. The standard InChI is InChI=1S/C13H16ClFN2O3S/c1-3-8-17(21(2,19)20)9-7-16-13(18)12-10(14)5-4-6-11(12)15/h3-6H,1,7-9H2,2H3,(H,16,18). The second-order valence-corrected chi connectivity index (χ2v) is 6.65. The highest BCUT2D eigenvalue weighted by Gasteiger charge is 2.17. The van der Waals surface area contributed by atoms with E-state index in [-0.39, 0.29) is 30.2 Å². The molecule has 5 nitrogen and oxygen atoms in total. The molecule has 1 rings (SSSR count). The molecule has 0 aliphatic rings. The summed E-state index contributed by atoms with van der Waals surface area (Å²) in [6, 6.07) is 3.92. The second kappa shape index (κ2) is 7.53. The van der Waals surface area contributed by atoms with Gasteiger partial charge in [-0.25, -0.2) is 12.8 Å². The van der Waals surface area contributed by atoms with Crippen LogP contribution < -0.4 is 5.32 Å². The lowest BCUT2D eigenvalue weighted by Crippen LogP contribution is -2.38. The molecule has 1 aromatic rings. The Labute approximate surface area is 128 Å². The Hall–Kier alpha value is -1.44. The van der Waals surface area contributed by atoms with Crippen molar-refractivity contribution in [3.8, 4) is 0 Å². The Morgan fingerprint density at radius 3 is 2.71 bits per heavy atom. The Morgan fingerprint density at radius 2 is 2.19 bits per heavy atom. The van der Waals surface area contributed by atoms with Gasteiger partial charge in [0, 0.05) is 19.6 Å². The average Bonchev–Trinajstić information content (AvgIpc) is 2.36. The third-order valence-corrected chi connectivity index (χ3v) is 4.22. The summed E-state index contributed by atoms with van der Waals surface area (Å²) < 4.78 is 37.6. The summed E-state index contributed by atoms with van der Waals surface area (Å²) >= 11 is 5.77. The highest BCUT2D eigenvalue weighted by atomic mass is 35.5. The van der Waals surface area contributed by atoms with Crippen molar-refractivity contribution in [2.45, 2.75) is 0 Å². The van der Waals surface area contributed by atoms with Gasteiger partial charge in [-0.05, 0) is 12.1 Å². The van der Waals surface area contributed by atoms with E-state index in [1.165, 1.54) is 18.2 Å². The molecule has 0 saturated heterocycles. The third kappa shape index (κ3) is 5.11. The number of hydrogen-bond donors (Lipinski definition) is 1. The van der Waals surface area contributed by atoms with Gasteiger partial charge in [0.25, 0.3) is 5.91 Å². The minimum absolute atomic E-state index is 0.00133. The Balaban J connectivity index is 2.67. The van der Waals surface area contributed by atoms with Gasteiger partial charge in [0.15, 0.2) is 0 Å². The molecule has 0 unspecified atom stereocenters. The molecule has 0 aliphatic carbocycles. The zero-order valence-corrected chi connectivity index (χ0v) is 13.0. The summed E-state index contributed by atoms with van der Waals surface area (Å²) in [6.45, 7) is 3.69. The number of halogens is 2. The fourth-order valence-corrected chi connectivity index (χ4v) is 2.68. The molecule has 0 spiro atoms. The van der Waals surface area contributed by atoms with Gasteiger partial charge in [0.1, 0.15) is 5.82 Å². The molecule has 116 valence electrons. The van der Waals surface area contributed by atoms with Gasteiger partial charge in [-0.15, -0.1) is 6.58 Å². The van der Waals surface area contributed by atoms with Crippen LogP contribution in [-0.2, 0) is 10.0 Å². The maximum Gasteiger partial charge on any atom is 0.255 e. The fraction of sp³-hybridized carbons (Fsp3) is 0.308. The molecule has 0 bridgehead atoms. The Kier molecular flexibility index (Phi) is 6.32. The van der Waals surface area contributed by atoms with Gasteiger partial charge in [-0.1, -0.05) is 23.7 Å². The summed E-state index contributed by atoms with van der Waals surface area (Å²) in [5, 5.41) is 2.44. The summed E-state index contributed by atoms with van der Waals surface area (Å²) in [5.41, 5.74) is -0.256. The van der Waals surface area contributed by atoms with E-state index < -0.39 is 21.7 Å². The van der Waals surface area contributed by atoms with E-state index in [0.29, 0.717) is 0 Å². The maximum atomic E-state index is 13.5. The minimum Gasteiger partial charge on any atom is -0.351 e. The number of amides is 1. The topological polar surface area (TPSA) is 66.5 Å². The van der Waals surface area contributed by atoms with Crippen LogP contribution >= 0.6 is 11.6 Å². The molecular weight excluding hydrogens is 319 g/mol. The number of carbonyl (C=O) groups is 1. The molecule has 0 radical (unpaired) electrons. The van der Waals surface area contributed by atoms with Crippen molar-refractivity contribution in [2.75, 3.05) is 25.9 Å². The highest BCUT2D eigenvalue weighted by molar-refractivity contribution is 7.88. The van der Waals surface area contributed by atoms with Gasteiger partial charge >= 0.3 is 0 Å². The van der Waals surface area contributed by atoms with Crippen LogP contribution in [0.25, 0.3) is 0 Å². The minimum atomic E-state index is -3.40. The van der Waals surface area contributed by atoms with Gasteiger partial charge in [-0.2, -0.15) is 4.31 Å². The highest BCUT2D eigenvalue weighted by Crippen LogP contribution is 2.18. The number of rotatable bonds is 7. The van der Waals surface area contributed by atoms with Crippen LogP contribution in [0.3, 0.4) is 0 Å². The van der Waals surface area contributed by atoms with E-state index >= 15 is 0 Å². The molecule has 1 aromatic carbocycles. The number of carbonyl (C=O) groups excluding carboxylic acids is 1. The normalized spacial score (nSPS) is 11.4. The monoisotopic (exact) mass is 334 g/mol. The van der Waals surface area contributed by atoms with Gasteiger partial charge in [0.2, 0.25) is 10.0 Å². The number of sulfonamides is 1. The predicted octanol–water partition coefficient (Wildman–Crippen LogP) is 1.66. The fourth-order valence-electron chi connectivity index (χ4n) is 1.63. The van der Waals surface area contributed by atoms with Crippen LogP contribution in [0.4, 0.5) is 4.39 Å². The van der Waals surface area contributed by atoms with Crippen LogP contribution in [0.5, 0.6) is 0 Å². The van der Waals surface area contributed by atoms with Crippen LogP contribution in [0.2, 0.25) is 5.02 Å². The van der Waals surface area contributed by atoms with E-state index in [0.717, 1.165) is 16.6 Å². The number of nitrogens with zero attached hydrogens (tertiary/aromatic N) is 1. The summed E-state index contributed by atoms with van der Waals surface area (Å²) in [5.74, 6) is -1.42. The number of nitrogens with one attached hydrogen (secondary N) is 1. The van der Waals surface area contributed by atoms with Gasteiger partial charge in [0.05, 0.1) is 16.8 Å². The smallest absolute Gasteiger partial charge is 0.255 e. The maximum absolute atomic E-state index is 13.5. The largest absolute Gasteiger partial charge is 0.351 e. The van der Waals surface area contributed by atoms with Crippen molar-refractivity contribution in [1.29, 1.82) is 0 Å². The number of benzene rings is 1. The molecule has 1 N–H and O–H groups in total. The first kappa shape index (κ1) is 17.6. The van der Waals surface area contributed by atoms with Crippen molar-refractivity contribution in [3.05, 3.63) is 47.3 Å². The summed E-state index contributed by atoms with van der Waals surface area (Å²) in [4.78, 5) is 11.9. The lowest BCUT2D eigenvalue weighted by atomic mass is 10.2. The lowest BCUT2D eigenvalue weighted by Gasteiger charge is -2.18. The SMILES string of the molecule is C=CCN(CCNC(=O)c1c(F)cccc1Cl)S(C)(=O)=O. The van der Waals surface area contributed by atoms with E-state index in [4.69, 9.17) is 11.6 Å². The molecular formula is C13H16ClFN2O3S. The van der Waals surface area contributed by atoms with Crippen molar-refractivity contribution in [1.82, 2.24) is 9.62 Å². The molecule has 1 amide bonds. The molecule has 0 saturated carbocycles. The molecule has 0 fully saturated rings. The van der Waals surface area contributed by atoms with Gasteiger partial charge in [-0.3, -0.25) is 4.79 Å². The van der Waals surface area contributed by atoms with Crippen molar-refractivity contribution in [3.63, 3.8) is 0 Å². The molecule has 8 heteroatoms. The van der Waals surface area contributed by atoms with Crippen molar-refractivity contribution < 1.29 is 17.6 Å². The lowest BCUT2D eigenvalue weighted by molar-refractivity contribution is 0.0948. The van der Waals surface area contributed by atoms with Crippen LogP contribution in [0.15, 0.2) is 30.9 Å². The zero-order valence-electron chi connectivity index (χ0n) is 11.5. The molecule has 0 atom stereocenters. The van der Waals surface area contributed by atoms with Crippen molar-refractivity contribution in [2.24, 2.45) is 0 Å². The summed E-state index contributed by atoms with van der Waals surface area (Å²) in [7, 11) is -3.40. The quantitative estimate of drug-likeness (QED) is 0.771. The molecule has 0 heterocycles. The van der Waals surface area contributed by atoms with E-state index in [1.807, 2.05) is 0 Å². The van der Waals surface area contributed by atoms with Gasteiger partial charge < -0.3 is 5.32 Å². The van der Waals surface area contributed by atoms with Crippen LogP contribution in [0.1, 0.15) is 10.4 Å². The predicted molar refractivity (Wildman–Crippen MR) is 80.4 cm³/mol. The van der Waals surface area contributed by atoms with E-state index in [1.54, 1.807) is 0 Å². The summed E-state index contributed by atoms with van der Waals surface area (Å²) in [6.07, 6.45) is 2.50. The second-order valence-electron chi connectivity index (χ2n) is 4.26. The zero-order chi connectivity index (χ0) is 16.0. The number of hydrogen-bond acceptors (Lipinski definition) is 3. The van der Waals surface area contributed by atoms with E-state index in [9.17, 15) is 17.6 Å². The van der Waals surface area contributed by atoms with Crippen LogP contribution in [-0.4, -0.2) is 44.5 Å². The Morgan fingerprint density at radius 1 is 1.52 bits per heavy atom. The van der Waals surface area contributed by atoms with Crippen LogP contribution in [0, 0.1) is 5.82 Å². The van der Waals surface area contributed by atoms with E-state index in [2.05, 4.69) is 11.9 Å². The molecule has 0 aromatic heterocycles. The molecule has 0 aliphatic heterocycles. The first-order valence-corrected chi connectivity index (χ1v) is 8.28. The Bertz CT molecular complexity index is 614. The average molecular weight is 335 g/mol. The van der Waals surface area contributed by atoms with Crippen molar-refractivity contribution >= 4 is 27.5 Å². The first-order chi connectivity index (χ1) is 9.77. The first-order valence-electron chi connectivity index (χ1n) is 6.05. The molecule has 21 heavy (non-hydrogen) atoms.